The number of carbonyl (C=O) groups excluding carboxylic acids is 1. The lowest BCUT2D eigenvalue weighted by molar-refractivity contribution is -0.174. The van der Waals surface area contributed by atoms with Crippen LogP contribution in [0, 0.1) is 17.8 Å². The average molecular weight is 392 g/mol. The van der Waals surface area contributed by atoms with Crippen LogP contribution in [0.2, 0.25) is 5.02 Å². The molecule has 3 saturated carbocycles. The van der Waals surface area contributed by atoms with E-state index in [-0.39, 0.29) is 11.3 Å². The van der Waals surface area contributed by atoms with Gasteiger partial charge < -0.3 is 19.9 Å². The quantitative estimate of drug-likeness (QED) is 0.806. The van der Waals surface area contributed by atoms with Crippen LogP contribution in [-0.4, -0.2) is 29.8 Å². The van der Waals surface area contributed by atoms with E-state index in [4.69, 9.17) is 21.1 Å². The van der Waals surface area contributed by atoms with Gasteiger partial charge in [-0.25, -0.2) is 0 Å². The summed E-state index contributed by atoms with van der Waals surface area (Å²) in [5.74, 6) is 0.314. The molecule has 0 saturated heterocycles. The van der Waals surface area contributed by atoms with E-state index in [2.05, 4.69) is 5.32 Å². The molecular formula is C20H22ClNO5. The predicted molar refractivity (Wildman–Crippen MR) is 97.5 cm³/mol. The second-order valence-electron chi connectivity index (χ2n) is 8.47. The summed E-state index contributed by atoms with van der Waals surface area (Å²) < 4.78 is 12.5. The summed E-state index contributed by atoms with van der Waals surface area (Å²) in [4.78, 5) is 24.0. The van der Waals surface area contributed by atoms with Crippen LogP contribution in [0.5, 0.6) is 11.5 Å². The third-order valence-electron chi connectivity index (χ3n) is 7.28. The molecule has 0 spiro atoms. The third kappa shape index (κ3) is 2.19. The molecule has 1 aromatic rings. The second-order valence-corrected chi connectivity index (χ2v) is 8.85. The van der Waals surface area contributed by atoms with Gasteiger partial charge in [0.1, 0.15) is 0 Å². The third-order valence-corrected chi connectivity index (χ3v) is 7.68. The highest BCUT2D eigenvalue weighted by atomic mass is 35.5. The Labute approximate surface area is 162 Å². The largest absolute Gasteiger partial charge is 0.481 e. The number of fused-ring (bicyclic) bond motifs is 5. The number of carbonyl (C=O) groups is 2. The van der Waals surface area contributed by atoms with E-state index in [1.807, 2.05) is 6.92 Å². The highest BCUT2D eigenvalue weighted by Gasteiger charge is 2.58. The van der Waals surface area contributed by atoms with E-state index in [1.54, 1.807) is 0 Å². The summed E-state index contributed by atoms with van der Waals surface area (Å²) in [6.45, 7) is 2.44. The first-order valence-corrected chi connectivity index (χ1v) is 9.95. The van der Waals surface area contributed by atoms with Crippen LogP contribution < -0.4 is 14.8 Å². The Bertz CT molecular complexity index is 855. The number of hydrogen-bond donors (Lipinski definition) is 2. The number of rotatable bonds is 2. The van der Waals surface area contributed by atoms with Gasteiger partial charge in [-0.05, 0) is 57.4 Å². The maximum Gasteiger partial charge on any atom is 0.309 e. The van der Waals surface area contributed by atoms with Gasteiger partial charge in [0, 0.05) is 17.5 Å². The molecule has 144 valence electrons. The zero-order valence-electron chi connectivity index (χ0n) is 15.2. The standard InChI is InChI=1S/C20H22ClNO5/c1-10-12-11(2-9-22-16(12)23)13(21)15-14(10)26-18(27-15)20-6-3-19(4-7-20,5-8-20)17(24)25/h18H,2-9H2,1H3,(H,22,23)(H,24,25). The number of aliphatic carboxylic acids is 1. The molecule has 0 radical (unpaired) electrons. The van der Waals surface area contributed by atoms with E-state index in [0.717, 1.165) is 30.4 Å². The SMILES string of the molecule is Cc1c2c(c(Cl)c3c1C(=O)NCC3)OC(C13CCC(C(=O)O)(CC1)CC3)O2. The van der Waals surface area contributed by atoms with Crippen molar-refractivity contribution in [2.24, 2.45) is 10.8 Å². The highest BCUT2D eigenvalue weighted by Crippen LogP contribution is 2.61. The van der Waals surface area contributed by atoms with Gasteiger partial charge in [0.05, 0.1) is 16.0 Å². The maximum absolute atomic E-state index is 12.3. The minimum Gasteiger partial charge on any atom is -0.481 e. The van der Waals surface area contributed by atoms with E-state index in [0.29, 0.717) is 54.3 Å². The molecule has 7 heteroatoms. The first kappa shape index (κ1) is 17.2. The fraction of sp³-hybridized carbons (Fsp3) is 0.600. The number of amides is 1. The fourth-order valence-corrected chi connectivity index (χ4v) is 5.73. The Kier molecular flexibility index (Phi) is 3.52. The lowest BCUT2D eigenvalue weighted by Crippen LogP contribution is -2.52. The van der Waals surface area contributed by atoms with Crippen molar-refractivity contribution in [1.29, 1.82) is 0 Å². The molecule has 1 aromatic carbocycles. The van der Waals surface area contributed by atoms with Gasteiger partial charge in [-0.1, -0.05) is 11.6 Å². The zero-order valence-corrected chi connectivity index (χ0v) is 15.9. The maximum atomic E-state index is 12.3. The normalized spacial score (nSPS) is 33.6. The smallest absolute Gasteiger partial charge is 0.309 e. The minimum absolute atomic E-state index is 0.120. The number of hydrogen-bond acceptors (Lipinski definition) is 4. The van der Waals surface area contributed by atoms with Gasteiger partial charge in [0.15, 0.2) is 11.5 Å². The van der Waals surface area contributed by atoms with Crippen LogP contribution in [0.15, 0.2) is 0 Å². The van der Waals surface area contributed by atoms with Crippen molar-refractivity contribution in [1.82, 2.24) is 5.32 Å². The van der Waals surface area contributed by atoms with Crippen LogP contribution in [0.1, 0.15) is 60.0 Å². The molecule has 1 atom stereocenters. The summed E-state index contributed by atoms with van der Waals surface area (Å²) >= 11 is 6.61. The molecule has 6 nitrogen and oxygen atoms in total. The lowest BCUT2D eigenvalue weighted by atomic mass is 9.53. The van der Waals surface area contributed by atoms with Crippen LogP contribution in [-0.2, 0) is 11.2 Å². The first-order chi connectivity index (χ1) is 12.9. The van der Waals surface area contributed by atoms with Crippen LogP contribution in [0.3, 0.4) is 0 Å². The zero-order chi connectivity index (χ0) is 19.0. The molecule has 6 rings (SSSR count). The number of carboxylic acids is 1. The Morgan fingerprint density at radius 1 is 1.15 bits per heavy atom. The van der Waals surface area contributed by atoms with Crippen molar-refractivity contribution in [2.45, 2.75) is 58.2 Å². The van der Waals surface area contributed by atoms with Crippen molar-refractivity contribution in [3.63, 3.8) is 0 Å². The van der Waals surface area contributed by atoms with Crippen molar-refractivity contribution in [3.05, 3.63) is 21.7 Å². The van der Waals surface area contributed by atoms with Crippen molar-refractivity contribution < 1.29 is 24.2 Å². The fourth-order valence-electron chi connectivity index (χ4n) is 5.41. The van der Waals surface area contributed by atoms with Crippen molar-refractivity contribution in [2.75, 3.05) is 6.54 Å². The number of halogens is 1. The molecule has 2 bridgehead atoms. The monoisotopic (exact) mass is 391 g/mol. The minimum atomic E-state index is -0.676. The Balaban J connectivity index is 1.49. The number of benzene rings is 1. The molecule has 1 unspecified atom stereocenters. The van der Waals surface area contributed by atoms with E-state index < -0.39 is 17.7 Å². The molecule has 0 aromatic heterocycles. The van der Waals surface area contributed by atoms with Crippen LogP contribution in [0.4, 0.5) is 0 Å². The molecule has 2 aliphatic heterocycles. The number of ether oxygens (including phenoxy) is 2. The summed E-state index contributed by atoms with van der Waals surface area (Å²) in [5.41, 5.74) is 1.44. The number of nitrogens with one attached hydrogen (secondary N) is 1. The van der Waals surface area contributed by atoms with Crippen molar-refractivity contribution >= 4 is 23.5 Å². The van der Waals surface area contributed by atoms with E-state index in [1.165, 1.54) is 0 Å². The predicted octanol–water partition coefficient (Wildman–Crippen LogP) is 3.46. The van der Waals surface area contributed by atoms with E-state index in [9.17, 15) is 14.7 Å². The van der Waals surface area contributed by atoms with Gasteiger partial charge in [-0.2, -0.15) is 0 Å². The molecule has 2 N–H and O–H groups in total. The molecule has 3 aliphatic carbocycles. The topological polar surface area (TPSA) is 84.9 Å². The molecule has 2 heterocycles. The lowest BCUT2D eigenvalue weighted by Gasteiger charge is -2.52. The Hall–Kier alpha value is -1.95. The van der Waals surface area contributed by atoms with Gasteiger partial charge in [-0.3, -0.25) is 9.59 Å². The first-order valence-electron chi connectivity index (χ1n) is 9.57. The van der Waals surface area contributed by atoms with Crippen LogP contribution >= 0.6 is 11.6 Å². The summed E-state index contributed by atoms with van der Waals surface area (Å²) in [6.07, 6.45) is 4.50. The van der Waals surface area contributed by atoms with Crippen LogP contribution in [0.25, 0.3) is 0 Å². The van der Waals surface area contributed by atoms with Gasteiger partial charge >= 0.3 is 5.97 Å². The van der Waals surface area contributed by atoms with Crippen molar-refractivity contribution in [3.8, 4) is 11.5 Å². The Morgan fingerprint density at radius 3 is 2.41 bits per heavy atom. The summed E-state index contributed by atoms with van der Waals surface area (Å²) in [6, 6.07) is 0. The average Bonchev–Trinajstić information content (AvgIpc) is 3.14. The second kappa shape index (κ2) is 5.53. The number of carboxylic acid groups (broad SMARTS) is 1. The van der Waals surface area contributed by atoms with E-state index >= 15 is 0 Å². The van der Waals surface area contributed by atoms with Gasteiger partial charge in [0.2, 0.25) is 6.29 Å². The molecule has 5 aliphatic rings. The molecule has 1 amide bonds. The molecule has 3 fully saturated rings. The van der Waals surface area contributed by atoms with Gasteiger partial charge in [0.25, 0.3) is 5.91 Å². The highest BCUT2D eigenvalue weighted by molar-refractivity contribution is 6.34. The molecular weight excluding hydrogens is 370 g/mol. The molecule has 27 heavy (non-hydrogen) atoms. The Morgan fingerprint density at radius 2 is 1.78 bits per heavy atom. The van der Waals surface area contributed by atoms with Gasteiger partial charge in [-0.15, -0.1) is 0 Å². The summed E-state index contributed by atoms with van der Waals surface area (Å²) in [7, 11) is 0. The summed E-state index contributed by atoms with van der Waals surface area (Å²) in [5, 5.41) is 12.9.